The van der Waals surface area contributed by atoms with Crippen LogP contribution < -0.4 is 11.0 Å². The standard InChI is InChI=1S/C19H25N5O/c1-2-23-18(14-7-10-20-11-8-14)22-24(19(23)25)12-9-15-13-21-17-6-4-3-5-16(15)17/h3-6,13-14,20-21H,2,7-12H2,1H3. The Balaban J connectivity index is 1.58. The van der Waals surface area contributed by atoms with E-state index in [1.807, 2.05) is 29.8 Å². The molecular formula is C19H25N5O. The molecule has 0 atom stereocenters. The lowest BCUT2D eigenvalue weighted by atomic mass is 9.97. The maximum absolute atomic E-state index is 12.7. The molecular weight excluding hydrogens is 314 g/mol. The van der Waals surface area contributed by atoms with Crippen molar-refractivity contribution < 1.29 is 0 Å². The maximum atomic E-state index is 12.7. The highest BCUT2D eigenvalue weighted by Crippen LogP contribution is 2.23. The van der Waals surface area contributed by atoms with Gasteiger partial charge in [0, 0.05) is 29.6 Å². The molecule has 4 rings (SSSR count). The Hall–Kier alpha value is -2.34. The van der Waals surface area contributed by atoms with Crippen LogP contribution in [0.3, 0.4) is 0 Å². The lowest BCUT2D eigenvalue weighted by Gasteiger charge is -2.21. The van der Waals surface area contributed by atoms with E-state index in [1.54, 1.807) is 4.68 Å². The summed E-state index contributed by atoms with van der Waals surface area (Å²) < 4.78 is 3.51. The molecule has 0 amide bonds. The lowest BCUT2D eigenvalue weighted by molar-refractivity contribution is 0.429. The average Bonchev–Trinajstić information content (AvgIpc) is 3.21. The number of H-pyrrole nitrogens is 1. The fourth-order valence-electron chi connectivity index (χ4n) is 3.85. The Bertz CT molecular complexity index is 913. The third-order valence-electron chi connectivity index (χ3n) is 5.24. The summed E-state index contributed by atoms with van der Waals surface area (Å²) in [6, 6.07) is 8.27. The van der Waals surface area contributed by atoms with Crippen LogP contribution in [0.25, 0.3) is 10.9 Å². The van der Waals surface area contributed by atoms with Crippen molar-refractivity contribution in [1.82, 2.24) is 24.6 Å². The zero-order valence-electron chi connectivity index (χ0n) is 14.7. The molecule has 0 radical (unpaired) electrons. The monoisotopic (exact) mass is 339 g/mol. The number of aromatic amines is 1. The summed E-state index contributed by atoms with van der Waals surface area (Å²) in [6.07, 6.45) is 4.95. The second-order valence-corrected chi connectivity index (χ2v) is 6.74. The van der Waals surface area contributed by atoms with Crippen LogP contribution in [0.2, 0.25) is 0 Å². The van der Waals surface area contributed by atoms with Crippen molar-refractivity contribution in [2.75, 3.05) is 13.1 Å². The molecule has 1 aliphatic rings. The van der Waals surface area contributed by atoms with E-state index in [9.17, 15) is 4.79 Å². The fourth-order valence-corrected chi connectivity index (χ4v) is 3.85. The second-order valence-electron chi connectivity index (χ2n) is 6.74. The van der Waals surface area contributed by atoms with E-state index in [0.29, 0.717) is 19.0 Å². The minimum absolute atomic E-state index is 0.0240. The molecule has 0 saturated carbocycles. The molecule has 3 heterocycles. The zero-order valence-corrected chi connectivity index (χ0v) is 14.7. The van der Waals surface area contributed by atoms with E-state index in [1.165, 1.54) is 10.9 Å². The number of benzene rings is 1. The van der Waals surface area contributed by atoms with Crippen molar-refractivity contribution in [3.05, 3.63) is 52.3 Å². The first-order valence-electron chi connectivity index (χ1n) is 9.21. The van der Waals surface area contributed by atoms with Crippen molar-refractivity contribution in [3.63, 3.8) is 0 Å². The number of hydrogen-bond acceptors (Lipinski definition) is 3. The molecule has 2 N–H and O–H groups in total. The molecule has 0 unspecified atom stereocenters. The molecule has 3 aromatic rings. The normalized spacial score (nSPS) is 15.9. The van der Waals surface area contributed by atoms with Gasteiger partial charge in [-0.3, -0.25) is 4.57 Å². The molecule has 1 aromatic carbocycles. The molecule has 2 aromatic heterocycles. The van der Waals surface area contributed by atoms with Crippen LogP contribution in [0, 0.1) is 0 Å². The Morgan fingerprint density at radius 1 is 1.24 bits per heavy atom. The number of fused-ring (bicyclic) bond motifs is 1. The van der Waals surface area contributed by atoms with Gasteiger partial charge in [0.15, 0.2) is 0 Å². The average molecular weight is 339 g/mol. The van der Waals surface area contributed by atoms with Gasteiger partial charge in [-0.25, -0.2) is 9.48 Å². The molecule has 6 nitrogen and oxygen atoms in total. The highest BCUT2D eigenvalue weighted by molar-refractivity contribution is 5.82. The predicted octanol–water partition coefficient (Wildman–Crippen LogP) is 2.26. The van der Waals surface area contributed by atoms with Crippen LogP contribution in [-0.4, -0.2) is 32.4 Å². The van der Waals surface area contributed by atoms with E-state index < -0.39 is 0 Å². The van der Waals surface area contributed by atoms with Crippen LogP contribution in [-0.2, 0) is 19.5 Å². The van der Waals surface area contributed by atoms with Crippen molar-refractivity contribution in [3.8, 4) is 0 Å². The van der Waals surface area contributed by atoms with E-state index in [4.69, 9.17) is 5.10 Å². The summed E-state index contributed by atoms with van der Waals surface area (Å²) in [6.45, 7) is 5.34. The van der Waals surface area contributed by atoms with Gasteiger partial charge in [0.25, 0.3) is 0 Å². The molecule has 25 heavy (non-hydrogen) atoms. The van der Waals surface area contributed by atoms with Gasteiger partial charge in [-0.2, -0.15) is 5.10 Å². The van der Waals surface area contributed by atoms with Crippen LogP contribution in [0.5, 0.6) is 0 Å². The molecule has 0 aliphatic carbocycles. The van der Waals surface area contributed by atoms with Gasteiger partial charge in [-0.1, -0.05) is 18.2 Å². The molecule has 6 heteroatoms. The van der Waals surface area contributed by atoms with Gasteiger partial charge in [-0.15, -0.1) is 0 Å². The quantitative estimate of drug-likeness (QED) is 0.749. The van der Waals surface area contributed by atoms with Crippen LogP contribution >= 0.6 is 0 Å². The first kappa shape index (κ1) is 16.1. The van der Waals surface area contributed by atoms with Crippen molar-refractivity contribution in [2.24, 2.45) is 0 Å². The van der Waals surface area contributed by atoms with Gasteiger partial charge in [0.2, 0.25) is 0 Å². The molecule has 1 aliphatic heterocycles. The van der Waals surface area contributed by atoms with E-state index in [2.05, 4.69) is 22.4 Å². The zero-order chi connectivity index (χ0) is 17.2. The number of aryl methyl sites for hydroxylation is 2. The Kier molecular flexibility index (Phi) is 4.44. The van der Waals surface area contributed by atoms with Gasteiger partial charge in [0.05, 0.1) is 6.54 Å². The molecule has 0 bridgehead atoms. The predicted molar refractivity (Wildman–Crippen MR) is 99.0 cm³/mol. The van der Waals surface area contributed by atoms with E-state index in [-0.39, 0.29) is 5.69 Å². The largest absolute Gasteiger partial charge is 0.361 e. The van der Waals surface area contributed by atoms with Gasteiger partial charge >= 0.3 is 5.69 Å². The summed E-state index contributed by atoms with van der Waals surface area (Å²) in [5, 5.41) is 9.32. The first-order chi connectivity index (χ1) is 12.3. The smallest absolute Gasteiger partial charge is 0.345 e. The minimum atomic E-state index is 0.0240. The van der Waals surface area contributed by atoms with Crippen molar-refractivity contribution >= 4 is 10.9 Å². The molecule has 0 spiro atoms. The van der Waals surface area contributed by atoms with Crippen LogP contribution in [0.4, 0.5) is 0 Å². The number of para-hydroxylation sites is 1. The number of nitrogens with one attached hydrogen (secondary N) is 2. The summed E-state index contributed by atoms with van der Waals surface area (Å²) in [5.41, 5.74) is 2.40. The topological polar surface area (TPSA) is 67.6 Å². The molecule has 1 saturated heterocycles. The van der Waals surface area contributed by atoms with Gasteiger partial charge < -0.3 is 10.3 Å². The Morgan fingerprint density at radius 2 is 2.04 bits per heavy atom. The third-order valence-corrected chi connectivity index (χ3v) is 5.24. The number of aromatic nitrogens is 4. The summed E-state index contributed by atoms with van der Waals surface area (Å²) in [4.78, 5) is 16.0. The SMILES string of the molecule is CCn1c(C2CCNCC2)nn(CCc2c[nH]c3ccccc23)c1=O. The molecule has 132 valence electrons. The summed E-state index contributed by atoms with van der Waals surface area (Å²) >= 11 is 0. The van der Waals surface area contributed by atoms with Crippen molar-refractivity contribution in [1.29, 1.82) is 0 Å². The Morgan fingerprint density at radius 3 is 2.84 bits per heavy atom. The van der Waals surface area contributed by atoms with E-state index >= 15 is 0 Å². The van der Waals surface area contributed by atoms with Crippen molar-refractivity contribution in [2.45, 2.75) is 45.2 Å². The van der Waals surface area contributed by atoms with Crippen LogP contribution in [0.1, 0.15) is 37.1 Å². The van der Waals surface area contributed by atoms with E-state index in [0.717, 1.165) is 43.7 Å². The highest BCUT2D eigenvalue weighted by atomic mass is 16.2. The molecule has 1 fully saturated rings. The first-order valence-corrected chi connectivity index (χ1v) is 9.21. The highest BCUT2D eigenvalue weighted by Gasteiger charge is 2.23. The fraction of sp³-hybridized carbons (Fsp3) is 0.474. The lowest BCUT2D eigenvalue weighted by Crippen LogP contribution is -2.29. The number of piperidine rings is 1. The van der Waals surface area contributed by atoms with Gasteiger partial charge in [-0.05, 0) is 50.9 Å². The third kappa shape index (κ3) is 3.02. The summed E-state index contributed by atoms with van der Waals surface area (Å²) in [7, 11) is 0. The number of rotatable bonds is 5. The Labute approximate surface area is 146 Å². The van der Waals surface area contributed by atoms with Crippen LogP contribution in [0.15, 0.2) is 35.3 Å². The van der Waals surface area contributed by atoms with Gasteiger partial charge in [0.1, 0.15) is 5.82 Å². The second kappa shape index (κ2) is 6.88. The summed E-state index contributed by atoms with van der Waals surface area (Å²) in [5.74, 6) is 1.36. The number of nitrogens with zero attached hydrogens (tertiary/aromatic N) is 3. The minimum Gasteiger partial charge on any atom is -0.361 e. The number of hydrogen-bond donors (Lipinski definition) is 2. The maximum Gasteiger partial charge on any atom is 0.345 e.